The lowest BCUT2D eigenvalue weighted by molar-refractivity contribution is -0.138. The van der Waals surface area contributed by atoms with Crippen molar-refractivity contribution >= 4 is 35.2 Å². The molecule has 20 heavy (non-hydrogen) atoms. The molecule has 7 heteroatoms. The standard InChI is InChI=1S/C13H13ClFNO3S/c14-8-1-2-10(11(15)5-8)13(19)16-3-4-20-7-9(16)6-12(17)18/h1-2,5,9H,3-4,6-7H2,(H,17,18). The first-order chi connectivity index (χ1) is 9.49. The van der Waals surface area contributed by atoms with Crippen LogP contribution in [-0.2, 0) is 4.79 Å². The van der Waals surface area contributed by atoms with Crippen LogP contribution >= 0.6 is 23.4 Å². The molecule has 1 aromatic carbocycles. The average molecular weight is 318 g/mol. The summed E-state index contributed by atoms with van der Waals surface area (Å²) in [5.74, 6) is -0.864. The number of nitrogens with zero attached hydrogens (tertiary/aromatic N) is 1. The number of carboxylic acids is 1. The fourth-order valence-corrected chi connectivity index (χ4v) is 3.33. The highest BCUT2D eigenvalue weighted by atomic mass is 35.5. The van der Waals surface area contributed by atoms with E-state index in [1.807, 2.05) is 0 Å². The third-order valence-corrected chi connectivity index (χ3v) is 4.39. The highest BCUT2D eigenvalue weighted by molar-refractivity contribution is 7.99. The van der Waals surface area contributed by atoms with Crippen molar-refractivity contribution in [1.29, 1.82) is 0 Å². The maximum absolute atomic E-state index is 13.8. The number of aliphatic carboxylic acids is 1. The molecule has 1 fully saturated rings. The number of rotatable bonds is 3. The zero-order valence-electron chi connectivity index (χ0n) is 10.5. The molecule has 0 spiro atoms. The first-order valence-corrected chi connectivity index (χ1v) is 7.58. The van der Waals surface area contributed by atoms with Crippen LogP contribution in [0.5, 0.6) is 0 Å². The van der Waals surface area contributed by atoms with E-state index in [0.717, 1.165) is 11.8 Å². The van der Waals surface area contributed by atoms with Crippen LogP contribution in [0, 0.1) is 5.82 Å². The fourth-order valence-electron chi connectivity index (χ4n) is 2.11. The molecule has 108 valence electrons. The van der Waals surface area contributed by atoms with Crippen LogP contribution in [-0.4, -0.2) is 46.0 Å². The summed E-state index contributed by atoms with van der Waals surface area (Å²) in [7, 11) is 0. The van der Waals surface area contributed by atoms with Crippen molar-refractivity contribution in [3.63, 3.8) is 0 Å². The number of halogens is 2. The van der Waals surface area contributed by atoms with Gasteiger partial charge >= 0.3 is 5.97 Å². The van der Waals surface area contributed by atoms with Gasteiger partial charge in [-0.1, -0.05) is 11.6 Å². The largest absolute Gasteiger partial charge is 0.481 e. The Hall–Kier alpha value is -1.27. The SMILES string of the molecule is O=C(O)CC1CSCCN1C(=O)c1ccc(Cl)cc1F. The van der Waals surface area contributed by atoms with Crippen LogP contribution < -0.4 is 0 Å². The highest BCUT2D eigenvalue weighted by Gasteiger charge is 2.30. The summed E-state index contributed by atoms with van der Waals surface area (Å²) in [6.45, 7) is 0.420. The molecule has 1 saturated heterocycles. The van der Waals surface area contributed by atoms with Crippen molar-refractivity contribution < 1.29 is 19.1 Å². The molecular weight excluding hydrogens is 305 g/mol. The minimum Gasteiger partial charge on any atom is -0.481 e. The highest BCUT2D eigenvalue weighted by Crippen LogP contribution is 2.23. The predicted octanol–water partition coefficient (Wildman–Crippen LogP) is 2.51. The zero-order valence-corrected chi connectivity index (χ0v) is 12.1. The van der Waals surface area contributed by atoms with Gasteiger partial charge in [0.25, 0.3) is 5.91 Å². The van der Waals surface area contributed by atoms with Gasteiger partial charge in [-0.2, -0.15) is 11.8 Å². The van der Waals surface area contributed by atoms with E-state index in [1.165, 1.54) is 17.0 Å². The van der Waals surface area contributed by atoms with E-state index in [1.54, 1.807) is 11.8 Å². The Morgan fingerprint density at radius 3 is 2.90 bits per heavy atom. The fraction of sp³-hybridized carbons (Fsp3) is 0.385. The summed E-state index contributed by atoms with van der Waals surface area (Å²) in [5.41, 5.74) is -0.0725. The number of hydrogen-bond donors (Lipinski definition) is 1. The second-order valence-electron chi connectivity index (χ2n) is 4.45. The third-order valence-electron chi connectivity index (χ3n) is 3.06. The topological polar surface area (TPSA) is 57.6 Å². The molecule has 1 N–H and O–H groups in total. The second kappa shape index (κ2) is 6.45. The first kappa shape index (κ1) is 15.1. The molecule has 0 aromatic heterocycles. The molecule has 1 aliphatic rings. The molecular formula is C13H13ClFNO3S. The molecule has 0 aliphatic carbocycles. The van der Waals surface area contributed by atoms with E-state index in [9.17, 15) is 14.0 Å². The van der Waals surface area contributed by atoms with Gasteiger partial charge in [0.2, 0.25) is 0 Å². The molecule has 4 nitrogen and oxygen atoms in total. The normalized spacial score (nSPS) is 18.9. The molecule has 0 radical (unpaired) electrons. The van der Waals surface area contributed by atoms with Crippen LogP contribution in [0.15, 0.2) is 18.2 Å². The number of carbonyl (C=O) groups is 2. The summed E-state index contributed by atoms with van der Waals surface area (Å²) in [6.07, 6.45) is -0.131. The molecule has 1 aromatic rings. The Bertz CT molecular complexity index is 540. The van der Waals surface area contributed by atoms with Crippen LogP contribution in [0.2, 0.25) is 5.02 Å². The minimum absolute atomic E-state index is 0.0725. The van der Waals surface area contributed by atoms with Gasteiger partial charge in [0.1, 0.15) is 5.82 Å². The number of hydrogen-bond acceptors (Lipinski definition) is 3. The van der Waals surface area contributed by atoms with E-state index in [2.05, 4.69) is 0 Å². The molecule has 0 saturated carbocycles. The molecule has 1 unspecified atom stereocenters. The number of thioether (sulfide) groups is 1. The number of benzene rings is 1. The van der Waals surface area contributed by atoms with Gasteiger partial charge in [0.15, 0.2) is 0 Å². The summed E-state index contributed by atoms with van der Waals surface area (Å²) in [6, 6.07) is 3.45. The molecule has 1 aliphatic heterocycles. The number of amides is 1. The van der Waals surface area contributed by atoms with Gasteiger partial charge in [-0.3, -0.25) is 9.59 Å². The van der Waals surface area contributed by atoms with Gasteiger partial charge in [0, 0.05) is 23.1 Å². The quantitative estimate of drug-likeness (QED) is 0.930. The van der Waals surface area contributed by atoms with Gasteiger partial charge in [0.05, 0.1) is 18.0 Å². The summed E-state index contributed by atoms with van der Waals surface area (Å²) in [4.78, 5) is 24.7. The first-order valence-electron chi connectivity index (χ1n) is 6.04. The Labute approximate surface area is 124 Å². The summed E-state index contributed by atoms with van der Waals surface area (Å²) >= 11 is 7.25. The minimum atomic E-state index is -0.966. The van der Waals surface area contributed by atoms with Crippen molar-refractivity contribution in [3.8, 4) is 0 Å². The van der Waals surface area contributed by atoms with Crippen LogP contribution in [0.25, 0.3) is 0 Å². The maximum Gasteiger partial charge on any atom is 0.305 e. The van der Waals surface area contributed by atoms with Gasteiger partial charge in [-0.15, -0.1) is 0 Å². The Kier molecular flexibility index (Phi) is 4.88. The van der Waals surface area contributed by atoms with E-state index in [4.69, 9.17) is 16.7 Å². The van der Waals surface area contributed by atoms with Crippen molar-refractivity contribution in [2.45, 2.75) is 12.5 Å². The molecule has 1 amide bonds. The number of carbonyl (C=O) groups excluding carboxylic acids is 1. The summed E-state index contributed by atoms with van der Waals surface area (Å²) < 4.78 is 13.8. The Balaban J connectivity index is 2.22. The maximum atomic E-state index is 13.8. The van der Waals surface area contributed by atoms with Crippen molar-refractivity contribution in [3.05, 3.63) is 34.6 Å². The lowest BCUT2D eigenvalue weighted by atomic mass is 10.1. The van der Waals surface area contributed by atoms with Crippen molar-refractivity contribution in [2.75, 3.05) is 18.1 Å². The van der Waals surface area contributed by atoms with Gasteiger partial charge in [-0.05, 0) is 18.2 Å². The zero-order chi connectivity index (χ0) is 14.7. The lowest BCUT2D eigenvalue weighted by Crippen LogP contribution is -2.47. The second-order valence-corrected chi connectivity index (χ2v) is 6.04. The van der Waals surface area contributed by atoms with Crippen LogP contribution in [0.1, 0.15) is 16.8 Å². The van der Waals surface area contributed by atoms with Crippen LogP contribution in [0.4, 0.5) is 4.39 Å². The average Bonchev–Trinajstić information content (AvgIpc) is 2.38. The third kappa shape index (κ3) is 3.43. The lowest BCUT2D eigenvalue weighted by Gasteiger charge is -2.34. The van der Waals surface area contributed by atoms with Crippen LogP contribution in [0.3, 0.4) is 0 Å². The van der Waals surface area contributed by atoms with Crippen molar-refractivity contribution in [1.82, 2.24) is 4.90 Å². The van der Waals surface area contributed by atoms with E-state index < -0.39 is 23.7 Å². The van der Waals surface area contributed by atoms with E-state index >= 15 is 0 Å². The Morgan fingerprint density at radius 1 is 1.50 bits per heavy atom. The monoisotopic (exact) mass is 317 g/mol. The van der Waals surface area contributed by atoms with Crippen molar-refractivity contribution in [2.24, 2.45) is 0 Å². The molecule has 0 bridgehead atoms. The van der Waals surface area contributed by atoms with Gasteiger partial charge < -0.3 is 10.0 Å². The van der Waals surface area contributed by atoms with E-state index in [-0.39, 0.29) is 17.0 Å². The van der Waals surface area contributed by atoms with Gasteiger partial charge in [-0.25, -0.2) is 4.39 Å². The smallest absolute Gasteiger partial charge is 0.305 e. The predicted molar refractivity (Wildman–Crippen MR) is 75.8 cm³/mol. The summed E-state index contributed by atoms with van der Waals surface area (Å²) in [5, 5.41) is 9.11. The number of carboxylic acid groups (broad SMARTS) is 1. The van der Waals surface area contributed by atoms with E-state index in [0.29, 0.717) is 12.3 Å². The molecule has 1 heterocycles. The molecule has 2 rings (SSSR count). The Morgan fingerprint density at radius 2 is 2.25 bits per heavy atom. The molecule has 1 atom stereocenters.